The average molecular weight is 319 g/mol. The predicted octanol–water partition coefficient (Wildman–Crippen LogP) is 2.44. The fourth-order valence-electron chi connectivity index (χ4n) is 2.99. The summed E-state index contributed by atoms with van der Waals surface area (Å²) in [4.78, 5) is 0. The molecule has 2 atom stereocenters. The average Bonchev–Trinajstić information content (AvgIpc) is 3.17. The van der Waals surface area contributed by atoms with Crippen molar-refractivity contribution in [2.45, 2.75) is 19.1 Å². The maximum Gasteiger partial charge on any atom is 0.131 e. The van der Waals surface area contributed by atoms with Gasteiger partial charge in [0.05, 0.1) is 19.4 Å². The minimum Gasteiger partial charge on any atom is -0.497 e. The largest absolute Gasteiger partial charge is 0.497 e. The molecule has 0 radical (unpaired) electrons. The summed E-state index contributed by atoms with van der Waals surface area (Å²) in [6.07, 6.45) is 4.91. The zero-order valence-electron chi connectivity index (χ0n) is 13.5. The molecule has 0 saturated carbocycles. The third-order valence-electron chi connectivity index (χ3n) is 4.25. The molecule has 1 aromatic heterocycles. The number of ether oxygens (including phenoxy) is 2. The summed E-state index contributed by atoms with van der Waals surface area (Å²) in [5, 5.41) is 7.55. The summed E-state index contributed by atoms with van der Waals surface area (Å²) in [7, 11) is 3.43. The predicted molar refractivity (Wildman–Crippen MR) is 84.7 cm³/mol. The molecule has 1 aromatic carbocycles. The van der Waals surface area contributed by atoms with Gasteiger partial charge in [-0.15, -0.1) is 0 Å². The van der Waals surface area contributed by atoms with Crippen LogP contribution < -0.4 is 10.1 Å². The van der Waals surface area contributed by atoms with Gasteiger partial charge in [-0.1, -0.05) is 6.07 Å². The first-order chi connectivity index (χ1) is 11.2. The zero-order chi connectivity index (χ0) is 16.2. The smallest absolute Gasteiger partial charge is 0.131 e. The van der Waals surface area contributed by atoms with Gasteiger partial charge in [0, 0.05) is 56.1 Å². The quantitative estimate of drug-likeness (QED) is 0.888. The number of rotatable bonds is 6. The van der Waals surface area contributed by atoms with Gasteiger partial charge in [-0.05, 0) is 12.5 Å². The lowest BCUT2D eigenvalue weighted by Crippen LogP contribution is -2.24. The Labute approximate surface area is 135 Å². The van der Waals surface area contributed by atoms with Crippen molar-refractivity contribution in [3.05, 3.63) is 47.5 Å². The first kappa shape index (κ1) is 16.0. The van der Waals surface area contributed by atoms with E-state index in [-0.39, 0.29) is 11.9 Å². The van der Waals surface area contributed by atoms with Crippen LogP contribution in [0.25, 0.3) is 0 Å². The van der Waals surface area contributed by atoms with Crippen LogP contribution in [0.15, 0.2) is 30.6 Å². The van der Waals surface area contributed by atoms with Crippen LogP contribution in [-0.4, -0.2) is 30.0 Å². The molecule has 1 aliphatic rings. The molecule has 2 aromatic rings. The molecular formula is C17H22FN3O2. The van der Waals surface area contributed by atoms with E-state index in [1.165, 1.54) is 13.2 Å². The highest BCUT2D eigenvalue weighted by molar-refractivity contribution is 5.28. The van der Waals surface area contributed by atoms with Crippen LogP contribution in [-0.2, 0) is 18.3 Å². The number of aromatic nitrogens is 2. The molecule has 0 aliphatic carbocycles. The van der Waals surface area contributed by atoms with Crippen molar-refractivity contribution < 1.29 is 13.9 Å². The molecule has 3 rings (SSSR count). The van der Waals surface area contributed by atoms with E-state index in [0.717, 1.165) is 25.1 Å². The topological polar surface area (TPSA) is 48.3 Å². The van der Waals surface area contributed by atoms with E-state index in [1.54, 1.807) is 16.8 Å². The summed E-state index contributed by atoms with van der Waals surface area (Å²) >= 11 is 0. The highest BCUT2D eigenvalue weighted by atomic mass is 19.1. The van der Waals surface area contributed by atoms with Gasteiger partial charge < -0.3 is 14.8 Å². The van der Waals surface area contributed by atoms with Gasteiger partial charge in [-0.3, -0.25) is 4.68 Å². The zero-order valence-corrected chi connectivity index (χ0v) is 13.5. The van der Waals surface area contributed by atoms with E-state index in [9.17, 15) is 4.39 Å². The SMILES string of the molecule is COc1ccc(CNC[C@@H]2CCO[C@H]2c2cnn(C)c2)c(F)c1. The molecule has 2 heterocycles. The van der Waals surface area contributed by atoms with Gasteiger partial charge in [0.15, 0.2) is 0 Å². The number of halogens is 1. The second-order valence-electron chi connectivity index (χ2n) is 5.88. The number of nitrogens with zero attached hydrogens (tertiary/aromatic N) is 2. The normalized spacial score (nSPS) is 20.8. The maximum absolute atomic E-state index is 13.9. The van der Waals surface area contributed by atoms with Gasteiger partial charge >= 0.3 is 0 Å². The summed E-state index contributed by atoms with van der Waals surface area (Å²) in [6.45, 7) is 2.03. The van der Waals surface area contributed by atoms with Crippen molar-refractivity contribution >= 4 is 0 Å². The Morgan fingerprint density at radius 3 is 3.04 bits per heavy atom. The number of aryl methyl sites for hydroxylation is 1. The van der Waals surface area contributed by atoms with Crippen molar-refractivity contribution in [2.24, 2.45) is 13.0 Å². The fourth-order valence-corrected chi connectivity index (χ4v) is 2.99. The van der Waals surface area contributed by atoms with Crippen molar-refractivity contribution in [1.82, 2.24) is 15.1 Å². The van der Waals surface area contributed by atoms with Crippen LogP contribution in [0.4, 0.5) is 4.39 Å². The molecule has 6 heteroatoms. The van der Waals surface area contributed by atoms with E-state index < -0.39 is 0 Å². The van der Waals surface area contributed by atoms with Crippen LogP contribution in [0, 0.1) is 11.7 Å². The number of nitrogens with one attached hydrogen (secondary N) is 1. The van der Waals surface area contributed by atoms with Crippen LogP contribution >= 0.6 is 0 Å². The van der Waals surface area contributed by atoms with Crippen LogP contribution in [0.2, 0.25) is 0 Å². The molecule has 124 valence electrons. The molecule has 1 aliphatic heterocycles. The fraction of sp³-hybridized carbons (Fsp3) is 0.471. The van der Waals surface area contributed by atoms with Gasteiger partial charge in [-0.2, -0.15) is 5.10 Å². The van der Waals surface area contributed by atoms with Crippen molar-refractivity contribution in [1.29, 1.82) is 0 Å². The summed E-state index contributed by atoms with van der Waals surface area (Å²) in [5.74, 6) is 0.663. The molecule has 0 spiro atoms. The Kier molecular flexibility index (Phi) is 4.93. The molecule has 0 amide bonds. The summed E-state index contributed by atoms with van der Waals surface area (Å²) in [5.41, 5.74) is 1.75. The van der Waals surface area contributed by atoms with E-state index in [4.69, 9.17) is 9.47 Å². The molecule has 5 nitrogen and oxygen atoms in total. The van der Waals surface area contributed by atoms with Gasteiger partial charge in [0.2, 0.25) is 0 Å². The standard InChI is InChI=1S/C17H22FN3O2/c1-21-11-14(10-20-21)17-13(5-6-23-17)9-19-8-12-3-4-15(22-2)7-16(12)18/h3-4,7,10-11,13,17,19H,5-6,8-9H2,1-2H3/t13-,17+/m0/s1. The minimum absolute atomic E-state index is 0.0666. The van der Waals surface area contributed by atoms with Gasteiger partial charge in [0.1, 0.15) is 11.6 Å². The summed E-state index contributed by atoms with van der Waals surface area (Å²) in [6, 6.07) is 4.94. The molecule has 1 fully saturated rings. The van der Waals surface area contributed by atoms with Crippen molar-refractivity contribution in [3.63, 3.8) is 0 Å². The molecular weight excluding hydrogens is 297 g/mol. The Hall–Kier alpha value is -1.92. The first-order valence-electron chi connectivity index (χ1n) is 7.80. The molecule has 0 unspecified atom stereocenters. The van der Waals surface area contributed by atoms with E-state index >= 15 is 0 Å². The number of methoxy groups -OCH3 is 1. The first-order valence-corrected chi connectivity index (χ1v) is 7.80. The van der Waals surface area contributed by atoms with E-state index in [2.05, 4.69) is 10.4 Å². The Bertz CT molecular complexity index is 659. The van der Waals surface area contributed by atoms with E-state index in [1.807, 2.05) is 19.4 Å². The third kappa shape index (κ3) is 3.71. The monoisotopic (exact) mass is 319 g/mol. The maximum atomic E-state index is 13.9. The minimum atomic E-state index is -0.247. The van der Waals surface area contributed by atoms with Crippen LogP contribution in [0.3, 0.4) is 0 Å². The van der Waals surface area contributed by atoms with E-state index in [0.29, 0.717) is 23.8 Å². The van der Waals surface area contributed by atoms with Gasteiger partial charge in [-0.25, -0.2) is 4.39 Å². The highest BCUT2D eigenvalue weighted by Gasteiger charge is 2.30. The molecule has 23 heavy (non-hydrogen) atoms. The Morgan fingerprint density at radius 2 is 2.35 bits per heavy atom. The van der Waals surface area contributed by atoms with Crippen LogP contribution in [0.5, 0.6) is 5.75 Å². The Morgan fingerprint density at radius 1 is 1.48 bits per heavy atom. The number of hydrogen-bond acceptors (Lipinski definition) is 4. The number of hydrogen-bond donors (Lipinski definition) is 1. The van der Waals surface area contributed by atoms with Crippen molar-refractivity contribution in [2.75, 3.05) is 20.3 Å². The van der Waals surface area contributed by atoms with Crippen molar-refractivity contribution in [3.8, 4) is 5.75 Å². The molecule has 0 bridgehead atoms. The highest BCUT2D eigenvalue weighted by Crippen LogP contribution is 2.33. The lowest BCUT2D eigenvalue weighted by Gasteiger charge is -2.18. The lowest BCUT2D eigenvalue weighted by atomic mass is 9.97. The Balaban J connectivity index is 1.55. The van der Waals surface area contributed by atoms with Gasteiger partial charge in [0.25, 0.3) is 0 Å². The lowest BCUT2D eigenvalue weighted by molar-refractivity contribution is 0.0904. The second-order valence-corrected chi connectivity index (χ2v) is 5.88. The number of benzene rings is 1. The third-order valence-corrected chi connectivity index (χ3v) is 4.25. The second kappa shape index (κ2) is 7.10. The molecule has 1 saturated heterocycles. The summed E-state index contributed by atoms with van der Waals surface area (Å²) < 4.78 is 26.6. The van der Waals surface area contributed by atoms with Crippen LogP contribution in [0.1, 0.15) is 23.7 Å². The molecule has 1 N–H and O–H groups in total.